The van der Waals surface area contributed by atoms with Crippen LogP contribution in [-0.2, 0) is 16.0 Å². The highest BCUT2D eigenvalue weighted by molar-refractivity contribution is 5.88. The molecule has 0 saturated heterocycles. The van der Waals surface area contributed by atoms with Crippen LogP contribution >= 0.6 is 0 Å². The molecule has 0 radical (unpaired) electrons. The lowest BCUT2D eigenvalue weighted by molar-refractivity contribution is -0.121. The average molecular weight is 248 g/mol. The summed E-state index contributed by atoms with van der Waals surface area (Å²) in [4.78, 5) is 22.5. The first kappa shape index (κ1) is 14.2. The number of carbonyl (C=O) groups excluding carboxylic acids is 2. The number of hydrogen-bond donors (Lipinski definition) is 2. The van der Waals surface area contributed by atoms with Gasteiger partial charge in [-0.1, -0.05) is 19.1 Å². The van der Waals surface area contributed by atoms with Gasteiger partial charge in [0.2, 0.25) is 11.8 Å². The normalized spacial score (nSPS) is 11.7. The van der Waals surface area contributed by atoms with Crippen molar-refractivity contribution >= 4 is 17.5 Å². The van der Waals surface area contributed by atoms with Gasteiger partial charge in [0.05, 0.1) is 6.42 Å². The maximum atomic E-state index is 11.7. The van der Waals surface area contributed by atoms with Crippen LogP contribution in [0, 0.1) is 0 Å². The molecule has 2 amide bonds. The first-order chi connectivity index (χ1) is 8.51. The second-order valence-corrected chi connectivity index (χ2v) is 4.43. The van der Waals surface area contributed by atoms with E-state index in [1.54, 1.807) is 12.1 Å². The average Bonchev–Trinajstić information content (AvgIpc) is 2.30. The first-order valence-corrected chi connectivity index (χ1v) is 6.17. The largest absolute Gasteiger partial charge is 0.353 e. The van der Waals surface area contributed by atoms with Gasteiger partial charge in [-0.15, -0.1) is 0 Å². The van der Waals surface area contributed by atoms with Crippen LogP contribution in [0.1, 0.15) is 32.8 Å². The third-order valence-corrected chi connectivity index (χ3v) is 2.66. The van der Waals surface area contributed by atoms with Gasteiger partial charge < -0.3 is 10.6 Å². The summed E-state index contributed by atoms with van der Waals surface area (Å²) in [5, 5.41) is 5.60. The molecule has 0 saturated carbocycles. The van der Waals surface area contributed by atoms with E-state index in [4.69, 9.17) is 0 Å². The molecule has 0 aliphatic rings. The molecule has 98 valence electrons. The lowest BCUT2D eigenvalue weighted by atomic mass is 10.1. The Labute approximate surface area is 108 Å². The summed E-state index contributed by atoms with van der Waals surface area (Å²) in [5.41, 5.74) is 1.68. The number of carbonyl (C=O) groups is 2. The predicted molar refractivity (Wildman–Crippen MR) is 72.3 cm³/mol. The molecule has 0 heterocycles. The van der Waals surface area contributed by atoms with Crippen molar-refractivity contribution < 1.29 is 9.59 Å². The topological polar surface area (TPSA) is 58.2 Å². The van der Waals surface area contributed by atoms with Crippen LogP contribution in [0.3, 0.4) is 0 Å². The molecule has 0 aliphatic carbocycles. The molecule has 0 bridgehead atoms. The monoisotopic (exact) mass is 248 g/mol. The second kappa shape index (κ2) is 6.79. The summed E-state index contributed by atoms with van der Waals surface area (Å²) in [6.07, 6.45) is 1.29. The van der Waals surface area contributed by atoms with Crippen molar-refractivity contribution in [2.45, 2.75) is 39.7 Å². The van der Waals surface area contributed by atoms with Gasteiger partial charge in [0.15, 0.2) is 0 Å². The van der Waals surface area contributed by atoms with E-state index in [0.29, 0.717) is 6.42 Å². The number of anilines is 1. The molecule has 18 heavy (non-hydrogen) atoms. The first-order valence-electron chi connectivity index (χ1n) is 6.17. The number of nitrogens with one attached hydrogen (secondary N) is 2. The lowest BCUT2D eigenvalue weighted by Gasteiger charge is -2.11. The summed E-state index contributed by atoms with van der Waals surface area (Å²) in [6, 6.07) is 7.50. The van der Waals surface area contributed by atoms with E-state index in [2.05, 4.69) is 10.6 Å². The van der Waals surface area contributed by atoms with Crippen molar-refractivity contribution in [1.82, 2.24) is 5.32 Å². The minimum Gasteiger partial charge on any atom is -0.353 e. The summed E-state index contributed by atoms with van der Waals surface area (Å²) in [6.45, 7) is 5.48. The molecule has 4 heteroatoms. The highest BCUT2D eigenvalue weighted by atomic mass is 16.2. The number of benzene rings is 1. The van der Waals surface area contributed by atoms with E-state index in [9.17, 15) is 9.59 Å². The molecule has 0 aliphatic heterocycles. The molecule has 1 aromatic carbocycles. The zero-order valence-corrected chi connectivity index (χ0v) is 11.1. The van der Waals surface area contributed by atoms with Gasteiger partial charge in [0.1, 0.15) is 0 Å². The van der Waals surface area contributed by atoms with Gasteiger partial charge in [-0.25, -0.2) is 0 Å². The van der Waals surface area contributed by atoms with Crippen LogP contribution in [0.15, 0.2) is 24.3 Å². The Balaban J connectivity index is 2.53. The van der Waals surface area contributed by atoms with Crippen LogP contribution in [0.2, 0.25) is 0 Å². The zero-order chi connectivity index (χ0) is 13.5. The number of rotatable bonds is 5. The SMILES string of the molecule is CCC(C)NC(=O)Cc1ccc(NC(C)=O)cc1. The fraction of sp³-hybridized carbons (Fsp3) is 0.429. The Bertz CT molecular complexity index is 412. The predicted octanol–water partition coefficient (Wildman–Crippen LogP) is 2.10. The summed E-state index contributed by atoms with van der Waals surface area (Å²) in [5.74, 6) is -0.0751. The van der Waals surface area contributed by atoms with Crippen molar-refractivity contribution in [1.29, 1.82) is 0 Å². The van der Waals surface area contributed by atoms with Crippen molar-refractivity contribution in [3.63, 3.8) is 0 Å². The molecule has 0 aromatic heterocycles. The fourth-order valence-electron chi connectivity index (χ4n) is 1.52. The highest BCUT2D eigenvalue weighted by Crippen LogP contribution is 2.10. The highest BCUT2D eigenvalue weighted by Gasteiger charge is 2.06. The van der Waals surface area contributed by atoms with E-state index in [-0.39, 0.29) is 17.9 Å². The van der Waals surface area contributed by atoms with Gasteiger partial charge >= 0.3 is 0 Å². The smallest absolute Gasteiger partial charge is 0.224 e. The molecule has 1 atom stereocenters. The van der Waals surface area contributed by atoms with Crippen molar-refractivity contribution in [3.8, 4) is 0 Å². The maximum absolute atomic E-state index is 11.7. The van der Waals surface area contributed by atoms with Gasteiger partial charge in [-0.05, 0) is 31.0 Å². The molecule has 1 aromatic rings. The summed E-state index contributed by atoms with van der Waals surface area (Å²) in [7, 11) is 0. The maximum Gasteiger partial charge on any atom is 0.224 e. The lowest BCUT2D eigenvalue weighted by Crippen LogP contribution is -2.33. The van der Waals surface area contributed by atoms with E-state index < -0.39 is 0 Å². The fourth-order valence-corrected chi connectivity index (χ4v) is 1.52. The minimum atomic E-state index is -0.0998. The minimum absolute atomic E-state index is 0.0247. The molecule has 1 rings (SSSR count). The Morgan fingerprint density at radius 2 is 1.83 bits per heavy atom. The van der Waals surface area contributed by atoms with E-state index in [0.717, 1.165) is 17.7 Å². The van der Waals surface area contributed by atoms with Crippen LogP contribution in [0.4, 0.5) is 5.69 Å². The van der Waals surface area contributed by atoms with Crippen molar-refractivity contribution in [3.05, 3.63) is 29.8 Å². The second-order valence-electron chi connectivity index (χ2n) is 4.43. The Morgan fingerprint density at radius 1 is 1.22 bits per heavy atom. The van der Waals surface area contributed by atoms with E-state index in [1.807, 2.05) is 26.0 Å². The van der Waals surface area contributed by atoms with Crippen LogP contribution in [0.25, 0.3) is 0 Å². The van der Waals surface area contributed by atoms with Gasteiger partial charge in [-0.2, -0.15) is 0 Å². The molecule has 0 fully saturated rings. The molecular formula is C14H20N2O2. The van der Waals surface area contributed by atoms with Crippen LogP contribution in [-0.4, -0.2) is 17.9 Å². The van der Waals surface area contributed by atoms with Gasteiger partial charge in [0.25, 0.3) is 0 Å². The Hall–Kier alpha value is -1.84. The quantitative estimate of drug-likeness (QED) is 0.838. The molecular weight excluding hydrogens is 228 g/mol. The Kier molecular flexibility index (Phi) is 5.36. The molecule has 4 nitrogen and oxygen atoms in total. The summed E-state index contributed by atoms with van der Waals surface area (Å²) >= 11 is 0. The van der Waals surface area contributed by atoms with Crippen LogP contribution in [0.5, 0.6) is 0 Å². The van der Waals surface area contributed by atoms with Crippen molar-refractivity contribution in [2.75, 3.05) is 5.32 Å². The van der Waals surface area contributed by atoms with E-state index in [1.165, 1.54) is 6.92 Å². The number of amides is 2. The molecule has 0 spiro atoms. The zero-order valence-electron chi connectivity index (χ0n) is 11.1. The summed E-state index contributed by atoms with van der Waals surface area (Å²) < 4.78 is 0. The van der Waals surface area contributed by atoms with E-state index >= 15 is 0 Å². The number of hydrogen-bond acceptors (Lipinski definition) is 2. The van der Waals surface area contributed by atoms with Crippen LogP contribution < -0.4 is 10.6 Å². The standard InChI is InChI=1S/C14H20N2O2/c1-4-10(2)15-14(18)9-12-5-7-13(8-6-12)16-11(3)17/h5-8,10H,4,9H2,1-3H3,(H,15,18)(H,16,17). The van der Waals surface area contributed by atoms with Gasteiger partial charge in [-0.3, -0.25) is 9.59 Å². The third-order valence-electron chi connectivity index (χ3n) is 2.66. The van der Waals surface area contributed by atoms with Crippen molar-refractivity contribution in [2.24, 2.45) is 0 Å². The third kappa shape index (κ3) is 4.99. The molecule has 2 N–H and O–H groups in total. The molecule has 1 unspecified atom stereocenters. The Morgan fingerprint density at radius 3 is 2.33 bits per heavy atom. The van der Waals surface area contributed by atoms with Gasteiger partial charge in [0, 0.05) is 18.7 Å².